The molecule has 0 saturated carbocycles. The van der Waals surface area contributed by atoms with Crippen LogP contribution in [0.4, 0.5) is 5.69 Å². The normalized spacial score (nSPS) is 20.3. The standard InChI is InChI=1S/C12H18N2O2S/c13-11-3-1-2-10(8-11)12(15)9-14-4-6-17(16)7-5-14/h1-3,8,12,15H,4-7,9,13H2. The van der Waals surface area contributed by atoms with Crippen LogP contribution in [0.1, 0.15) is 11.7 Å². The fraction of sp³-hybridized carbons (Fsp3) is 0.500. The predicted octanol–water partition coefficient (Wildman–Crippen LogP) is 0.366. The van der Waals surface area contributed by atoms with E-state index in [4.69, 9.17) is 5.73 Å². The van der Waals surface area contributed by atoms with Crippen LogP contribution in [0.2, 0.25) is 0 Å². The lowest BCUT2D eigenvalue weighted by Crippen LogP contribution is -2.40. The molecule has 94 valence electrons. The van der Waals surface area contributed by atoms with Crippen molar-refractivity contribution in [2.75, 3.05) is 36.9 Å². The Balaban J connectivity index is 1.92. The van der Waals surface area contributed by atoms with Gasteiger partial charge in [0.1, 0.15) is 0 Å². The average molecular weight is 254 g/mol. The van der Waals surface area contributed by atoms with Gasteiger partial charge in [0.25, 0.3) is 0 Å². The number of nitrogen functional groups attached to an aromatic ring is 1. The SMILES string of the molecule is Nc1cccc(C(O)CN2CCS(=O)CC2)c1. The van der Waals surface area contributed by atoms with Crippen molar-refractivity contribution in [3.05, 3.63) is 29.8 Å². The summed E-state index contributed by atoms with van der Waals surface area (Å²) in [4.78, 5) is 2.15. The number of β-amino-alcohol motifs (C(OH)–C–C–N with tert-alkyl or cyclic N) is 1. The number of hydrogen-bond acceptors (Lipinski definition) is 4. The highest BCUT2D eigenvalue weighted by Crippen LogP contribution is 2.17. The van der Waals surface area contributed by atoms with E-state index < -0.39 is 16.9 Å². The summed E-state index contributed by atoms with van der Waals surface area (Å²) < 4.78 is 11.2. The van der Waals surface area contributed by atoms with Gasteiger partial charge >= 0.3 is 0 Å². The Morgan fingerprint density at radius 3 is 2.76 bits per heavy atom. The van der Waals surface area contributed by atoms with Crippen LogP contribution in [0.5, 0.6) is 0 Å². The second-order valence-corrected chi connectivity index (χ2v) is 6.03. The third kappa shape index (κ3) is 3.52. The van der Waals surface area contributed by atoms with E-state index in [-0.39, 0.29) is 0 Å². The number of aliphatic hydroxyl groups is 1. The van der Waals surface area contributed by atoms with Crippen molar-refractivity contribution in [1.82, 2.24) is 4.90 Å². The zero-order valence-corrected chi connectivity index (χ0v) is 10.5. The van der Waals surface area contributed by atoms with Crippen molar-refractivity contribution in [3.8, 4) is 0 Å². The van der Waals surface area contributed by atoms with E-state index in [1.807, 2.05) is 12.1 Å². The third-order valence-corrected chi connectivity index (χ3v) is 4.27. The maximum atomic E-state index is 11.2. The molecular formula is C12H18N2O2S. The molecule has 5 heteroatoms. The highest BCUT2D eigenvalue weighted by Gasteiger charge is 2.18. The fourth-order valence-electron chi connectivity index (χ4n) is 1.97. The van der Waals surface area contributed by atoms with Crippen molar-refractivity contribution < 1.29 is 9.32 Å². The summed E-state index contributed by atoms with van der Waals surface area (Å²) >= 11 is 0. The topological polar surface area (TPSA) is 66.6 Å². The third-order valence-electron chi connectivity index (χ3n) is 3.00. The lowest BCUT2D eigenvalue weighted by Gasteiger charge is -2.28. The van der Waals surface area contributed by atoms with Crippen LogP contribution in [-0.4, -0.2) is 45.4 Å². The van der Waals surface area contributed by atoms with Gasteiger partial charge in [0.2, 0.25) is 0 Å². The van der Waals surface area contributed by atoms with Crippen molar-refractivity contribution >= 4 is 16.5 Å². The smallest absolute Gasteiger partial charge is 0.0917 e. The molecule has 1 unspecified atom stereocenters. The second kappa shape index (κ2) is 5.62. The van der Waals surface area contributed by atoms with Crippen LogP contribution >= 0.6 is 0 Å². The molecule has 2 rings (SSSR count). The molecule has 0 aromatic heterocycles. The quantitative estimate of drug-likeness (QED) is 0.765. The van der Waals surface area contributed by atoms with Crippen LogP contribution < -0.4 is 5.73 Å². The van der Waals surface area contributed by atoms with Crippen LogP contribution in [0.15, 0.2) is 24.3 Å². The van der Waals surface area contributed by atoms with Gasteiger partial charge in [-0.2, -0.15) is 0 Å². The van der Waals surface area contributed by atoms with E-state index in [1.54, 1.807) is 12.1 Å². The van der Waals surface area contributed by atoms with Crippen LogP contribution in [-0.2, 0) is 10.8 Å². The molecule has 1 aliphatic heterocycles. The minimum atomic E-state index is -0.667. The van der Waals surface area contributed by atoms with E-state index in [0.29, 0.717) is 23.7 Å². The summed E-state index contributed by atoms with van der Waals surface area (Å²) in [6, 6.07) is 7.33. The van der Waals surface area contributed by atoms with Gasteiger partial charge in [-0.25, -0.2) is 0 Å². The van der Waals surface area contributed by atoms with Gasteiger partial charge in [0, 0.05) is 47.6 Å². The Morgan fingerprint density at radius 1 is 1.41 bits per heavy atom. The van der Waals surface area contributed by atoms with Crippen molar-refractivity contribution in [1.29, 1.82) is 0 Å². The maximum Gasteiger partial charge on any atom is 0.0917 e. The van der Waals surface area contributed by atoms with Gasteiger partial charge in [-0.05, 0) is 17.7 Å². The summed E-state index contributed by atoms with van der Waals surface area (Å²) in [6.45, 7) is 2.18. The van der Waals surface area contributed by atoms with E-state index in [1.165, 1.54) is 0 Å². The Hall–Kier alpha value is -0.910. The van der Waals surface area contributed by atoms with Crippen molar-refractivity contribution in [3.63, 3.8) is 0 Å². The highest BCUT2D eigenvalue weighted by atomic mass is 32.2. The zero-order valence-electron chi connectivity index (χ0n) is 9.71. The van der Waals surface area contributed by atoms with Gasteiger partial charge in [0.15, 0.2) is 0 Å². The van der Waals surface area contributed by atoms with Gasteiger partial charge in [-0.1, -0.05) is 12.1 Å². The van der Waals surface area contributed by atoms with Crippen molar-refractivity contribution in [2.24, 2.45) is 0 Å². The number of aliphatic hydroxyl groups excluding tert-OH is 1. The molecule has 0 spiro atoms. The van der Waals surface area contributed by atoms with E-state index in [0.717, 1.165) is 18.7 Å². The number of anilines is 1. The number of benzene rings is 1. The van der Waals surface area contributed by atoms with Gasteiger partial charge < -0.3 is 10.8 Å². The summed E-state index contributed by atoms with van der Waals surface area (Å²) in [6.07, 6.45) is -0.523. The first-order chi connectivity index (χ1) is 8.15. The molecule has 1 aromatic carbocycles. The first kappa shape index (κ1) is 12.5. The predicted molar refractivity (Wildman–Crippen MR) is 70.1 cm³/mol. The first-order valence-corrected chi connectivity index (χ1v) is 7.25. The number of nitrogens with zero attached hydrogens (tertiary/aromatic N) is 1. The minimum Gasteiger partial charge on any atom is -0.399 e. The van der Waals surface area contributed by atoms with Crippen LogP contribution in [0.3, 0.4) is 0 Å². The molecule has 0 bridgehead atoms. The largest absolute Gasteiger partial charge is 0.399 e. The molecule has 1 heterocycles. The van der Waals surface area contributed by atoms with Gasteiger partial charge in [0.05, 0.1) is 6.10 Å². The molecule has 1 saturated heterocycles. The first-order valence-electron chi connectivity index (χ1n) is 5.76. The summed E-state index contributed by atoms with van der Waals surface area (Å²) in [5.41, 5.74) is 7.19. The van der Waals surface area contributed by atoms with E-state index >= 15 is 0 Å². The maximum absolute atomic E-state index is 11.2. The lowest BCUT2D eigenvalue weighted by molar-refractivity contribution is 0.118. The minimum absolute atomic E-state index is 0.523. The number of nitrogens with two attached hydrogens (primary N) is 1. The Labute approximate surface area is 104 Å². The zero-order chi connectivity index (χ0) is 12.3. The highest BCUT2D eigenvalue weighted by molar-refractivity contribution is 7.85. The average Bonchev–Trinajstić information content (AvgIpc) is 2.32. The fourth-order valence-corrected chi connectivity index (χ4v) is 3.10. The Kier molecular flexibility index (Phi) is 4.15. The monoisotopic (exact) mass is 254 g/mol. The van der Waals surface area contributed by atoms with Crippen LogP contribution in [0.25, 0.3) is 0 Å². The number of rotatable bonds is 3. The molecule has 0 amide bonds. The molecule has 1 aliphatic rings. The summed E-state index contributed by atoms with van der Waals surface area (Å²) in [5.74, 6) is 1.42. The second-order valence-electron chi connectivity index (χ2n) is 4.33. The van der Waals surface area contributed by atoms with Crippen molar-refractivity contribution in [2.45, 2.75) is 6.10 Å². The van der Waals surface area contributed by atoms with E-state index in [2.05, 4.69) is 4.90 Å². The Morgan fingerprint density at radius 2 is 2.12 bits per heavy atom. The van der Waals surface area contributed by atoms with Gasteiger partial charge in [-0.3, -0.25) is 9.11 Å². The van der Waals surface area contributed by atoms with Crippen LogP contribution in [0, 0.1) is 0 Å². The molecule has 1 atom stereocenters. The molecule has 0 radical (unpaired) electrons. The molecule has 0 aliphatic carbocycles. The summed E-state index contributed by atoms with van der Waals surface area (Å²) in [7, 11) is -0.667. The number of hydrogen-bond donors (Lipinski definition) is 2. The molecule has 1 fully saturated rings. The summed E-state index contributed by atoms with van der Waals surface area (Å²) in [5, 5.41) is 10.1. The van der Waals surface area contributed by atoms with Gasteiger partial charge in [-0.15, -0.1) is 0 Å². The van der Waals surface area contributed by atoms with E-state index in [9.17, 15) is 9.32 Å². The molecule has 17 heavy (non-hydrogen) atoms. The lowest BCUT2D eigenvalue weighted by atomic mass is 10.1. The molecule has 4 nitrogen and oxygen atoms in total. The molecule has 1 aromatic rings. The molecular weight excluding hydrogens is 236 g/mol. The molecule has 3 N–H and O–H groups in total. The Bertz CT molecular complexity index is 401.